The molecule has 0 aliphatic rings. The van der Waals surface area contributed by atoms with Gasteiger partial charge in [0.05, 0.1) is 0 Å². The lowest BCUT2D eigenvalue weighted by atomic mass is 10.0. The Morgan fingerprint density at radius 1 is 1.24 bits per heavy atom. The maximum Gasteiger partial charge on any atom is 0.196 e. The molecule has 0 spiro atoms. The van der Waals surface area contributed by atoms with E-state index in [1.54, 1.807) is 24.4 Å². The monoisotopic (exact) mass is 361 g/mol. The van der Waals surface area contributed by atoms with Crippen LogP contribution in [0.25, 0.3) is 10.9 Å². The van der Waals surface area contributed by atoms with Gasteiger partial charge in [-0.15, -0.1) is 0 Å². The van der Waals surface area contributed by atoms with Crippen molar-refractivity contribution in [3.8, 4) is 0 Å². The maximum atomic E-state index is 12.8. The molecule has 0 bridgehead atoms. The van der Waals surface area contributed by atoms with Gasteiger partial charge in [-0.3, -0.25) is 4.79 Å². The largest absolute Gasteiger partial charge is 0.360 e. The number of carbonyl (C=O) groups is 1. The molecule has 0 aliphatic carbocycles. The van der Waals surface area contributed by atoms with Gasteiger partial charge in [-0.1, -0.05) is 52.7 Å². The highest BCUT2D eigenvalue weighted by Crippen LogP contribution is 2.28. The van der Waals surface area contributed by atoms with Gasteiger partial charge in [0.15, 0.2) is 5.78 Å². The van der Waals surface area contributed by atoms with Crippen molar-refractivity contribution in [2.75, 3.05) is 0 Å². The van der Waals surface area contributed by atoms with Crippen LogP contribution in [0.2, 0.25) is 5.02 Å². The second-order valence-corrected chi connectivity index (χ2v) is 6.14. The van der Waals surface area contributed by atoms with Gasteiger partial charge in [0.25, 0.3) is 0 Å². The summed E-state index contributed by atoms with van der Waals surface area (Å²) in [4.78, 5) is 16.0. The molecular formula is C17H13BrClNO. The van der Waals surface area contributed by atoms with Crippen molar-refractivity contribution >= 4 is 44.2 Å². The van der Waals surface area contributed by atoms with E-state index in [2.05, 4.69) is 33.9 Å². The minimum Gasteiger partial charge on any atom is -0.360 e. The fourth-order valence-corrected chi connectivity index (χ4v) is 3.11. The predicted molar refractivity (Wildman–Crippen MR) is 90.3 cm³/mol. The summed E-state index contributed by atoms with van der Waals surface area (Å²) in [5.74, 6) is -0.0381. The van der Waals surface area contributed by atoms with Gasteiger partial charge >= 0.3 is 0 Å². The van der Waals surface area contributed by atoms with E-state index >= 15 is 0 Å². The van der Waals surface area contributed by atoms with Crippen molar-refractivity contribution in [3.63, 3.8) is 0 Å². The maximum absolute atomic E-state index is 12.8. The Bertz CT molecular complexity index is 838. The van der Waals surface area contributed by atoms with E-state index in [1.807, 2.05) is 12.1 Å². The first-order valence-electron chi connectivity index (χ1n) is 6.70. The summed E-state index contributed by atoms with van der Waals surface area (Å²) >= 11 is 9.43. The summed E-state index contributed by atoms with van der Waals surface area (Å²) in [5.41, 5.74) is 3.48. The van der Waals surface area contributed by atoms with Crippen LogP contribution in [0.5, 0.6) is 0 Å². The van der Waals surface area contributed by atoms with Crippen LogP contribution in [0.3, 0.4) is 0 Å². The van der Waals surface area contributed by atoms with Crippen LogP contribution in [0, 0.1) is 0 Å². The molecule has 2 aromatic carbocycles. The third-order valence-electron chi connectivity index (χ3n) is 3.60. The summed E-state index contributed by atoms with van der Waals surface area (Å²) in [7, 11) is 0. The van der Waals surface area contributed by atoms with Crippen LogP contribution in [0.15, 0.2) is 47.1 Å². The second kappa shape index (κ2) is 5.66. The number of hydrogen-bond acceptors (Lipinski definition) is 1. The van der Waals surface area contributed by atoms with Gasteiger partial charge in [0, 0.05) is 37.7 Å². The Hall–Kier alpha value is -1.58. The number of carbonyl (C=O) groups excluding carboxylic acids is 1. The number of aryl methyl sites for hydroxylation is 1. The number of fused-ring (bicyclic) bond motifs is 1. The third-order valence-corrected chi connectivity index (χ3v) is 4.53. The molecule has 0 saturated heterocycles. The topological polar surface area (TPSA) is 32.9 Å². The number of para-hydroxylation sites is 1. The zero-order valence-corrected chi connectivity index (χ0v) is 13.8. The minimum atomic E-state index is -0.0381. The molecule has 0 atom stereocenters. The Morgan fingerprint density at radius 2 is 2.05 bits per heavy atom. The number of halogens is 2. The molecular weight excluding hydrogens is 350 g/mol. The van der Waals surface area contributed by atoms with E-state index in [-0.39, 0.29) is 5.78 Å². The van der Waals surface area contributed by atoms with Gasteiger partial charge in [0.1, 0.15) is 0 Å². The van der Waals surface area contributed by atoms with Crippen LogP contribution < -0.4 is 0 Å². The van der Waals surface area contributed by atoms with Crippen molar-refractivity contribution < 1.29 is 4.79 Å². The van der Waals surface area contributed by atoms with Gasteiger partial charge in [-0.05, 0) is 30.2 Å². The van der Waals surface area contributed by atoms with Crippen molar-refractivity contribution in [3.05, 3.63) is 68.8 Å². The van der Waals surface area contributed by atoms with Gasteiger partial charge in [0.2, 0.25) is 0 Å². The molecule has 0 fully saturated rings. The number of rotatable bonds is 3. The van der Waals surface area contributed by atoms with E-state index in [1.165, 1.54) is 5.56 Å². The van der Waals surface area contributed by atoms with Gasteiger partial charge < -0.3 is 4.98 Å². The number of ketones is 1. The van der Waals surface area contributed by atoms with Crippen LogP contribution in [0.4, 0.5) is 0 Å². The molecule has 1 aromatic heterocycles. The Balaban J connectivity index is 2.16. The summed E-state index contributed by atoms with van der Waals surface area (Å²) in [6.07, 6.45) is 2.70. The number of nitrogens with one attached hydrogen (secondary N) is 1. The average molecular weight is 363 g/mol. The number of hydrogen-bond donors (Lipinski definition) is 1. The summed E-state index contributed by atoms with van der Waals surface area (Å²) in [5, 5.41) is 1.50. The number of H-pyrrole nitrogens is 1. The number of aromatic nitrogens is 1. The first kappa shape index (κ1) is 14.4. The standard InChI is InChI=1S/C17H13BrClNO/c1-2-10-4-3-5-12-14(9-20-16(10)12)17(21)13-8-11(19)6-7-15(13)18/h3-9,20H,2H2,1H3. The highest BCUT2D eigenvalue weighted by atomic mass is 79.9. The van der Waals surface area contributed by atoms with Crippen molar-refractivity contribution in [1.29, 1.82) is 0 Å². The quantitative estimate of drug-likeness (QED) is 0.624. The Kier molecular flexibility index (Phi) is 3.87. The number of aromatic amines is 1. The van der Waals surface area contributed by atoms with Crippen LogP contribution in [-0.2, 0) is 6.42 Å². The highest BCUT2D eigenvalue weighted by molar-refractivity contribution is 9.10. The predicted octanol–water partition coefficient (Wildman–Crippen LogP) is 5.38. The molecule has 0 unspecified atom stereocenters. The van der Waals surface area contributed by atoms with E-state index in [0.29, 0.717) is 16.1 Å². The summed E-state index contributed by atoms with van der Waals surface area (Å²) < 4.78 is 0.748. The van der Waals surface area contributed by atoms with E-state index in [0.717, 1.165) is 21.8 Å². The van der Waals surface area contributed by atoms with Crippen molar-refractivity contribution in [2.45, 2.75) is 13.3 Å². The molecule has 1 N–H and O–H groups in total. The first-order chi connectivity index (χ1) is 10.1. The zero-order valence-electron chi connectivity index (χ0n) is 11.4. The molecule has 21 heavy (non-hydrogen) atoms. The lowest BCUT2D eigenvalue weighted by molar-refractivity contribution is 0.103. The molecule has 1 heterocycles. The van der Waals surface area contributed by atoms with Gasteiger partial charge in [-0.25, -0.2) is 0 Å². The van der Waals surface area contributed by atoms with E-state index in [4.69, 9.17) is 11.6 Å². The molecule has 4 heteroatoms. The summed E-state index contributed by atoms with van der Waals surface area (Å²) in [6, 6.07) is 11.3. The highest BCUT2D eigenvalue weighted by Gasteiger charge is 2.17. The molecule has 3 aromatic rings. The fourth-order valence-electron chi connectivity index (χ4n) is 2.52. The van der Waals surface area contributed by atoms with E-state index < -0.39 is 0 Å². The first-order valence-corrected chi connectivity index (χ1v) is 7.87. The van der Waals surface area contributed by atoms with Crippen molar-refractivity contribution in [2.24, 2.45) is 0 Å². The Labute approximate surface area is 136 Å². The molecule has 0 amide bonds. The molecule has 0 saturated carbocycles. The average Bonchev–Trinajstić information content (AvgIpc) is 2.93. The molecule has 0 aliphatic heterocycles. The zero-order chi connectivity index (χ0) is 15.0. The lowest BCUT2D eigenvalue weighted by Crippen LogP contribution is -2.01. The van der Waals surface area contributed by atoms with Crippen LogP contribution in [-0.4, -0.2) is 10.8 Å². The van der Waals surface area contributed by atoms with E-state index in [9.17, 15) is 4.79 Å². The SMILES string of the molecule is CCc1cccc2c(C(=O)c3cc(Cl)ccc3Br)c[nH]c12. The second-order valence-electron chi connectivity index (χ2n) is 4.85. The minimum absolute atomic E-state index is 0.0381. The smallest absolute Gasteiger partial charge is 0.196 e. The van der Waals surface area contributed by atoms with Crippen LogP contribution >= 0.6 is 27.5 Å². The molecule has 0 radical (unpaired) electrons. The van der Waals surface area contributed by atoms with Crippen molar-refractivity contribution in [1.82, 2.24) is 4.98 Å². The lowest BCUT2D eigenvalue weighted by Gasteiger charge is -2.04. The third kappa shape index (κ3) is 2.52. The molecule has 2 nitrogen and oxygen atoms in total. The molecule has 106 valence electrons. The summed E-state index contributed by atoms with van der Waals surface area (Å²) in [6.45, 7) is 2.10. The fraction of sp³-hybridized carbons (Fsp3) is 0.118. The normalized spacial score (nSPS) is 11.0. The van der Waals surface area contributed by atoms with Crippen LogP contribution in [0.1, 0.15) is 28.4 Å². The number of benzene rings is 2. The van der Waals surface area contributed by atoms with Gasteiger partial charge in [-0.2, -0.15) is 0 Å². The molecule has 3 rings (SSSR count). The Morgan fingerprint density at radius 3 is 2.81 bits per heavy atom.